The van der Waals surface area contributed by atoms with Crippen molar-refractivity contribution in [3.05, 3.63) is 102 Å². The van der Waals surface area contributed by atoms with Crippen molar-refractivity contribution in [3.8, 4) is 29.0 Å². The number of hydrogen-bond donors (Lipinski definition) is 0. The van der Waals surface area contributed by atoms with Gasteiger partial charge in [-0.25, -0.2) is 14.5 Å². The first-order valence-corrected chi connectivity index (χ1v) is 10.9. The first-order chi connectivity index (χ1) is 16.8. The monoisotopic (exact) mass is 446 g/mol. The van der Waals surface area contributed by atoms with Crippen LogP contribution in [0.5, 0.6) is 17.4 Å². The number of benzene rings is 3. The molecule has 3 aromatic carbocycles. The summed E-state index contributed by atoms with van der Waals surface area (Å²) in [4.78, 5) is 9.47. The van der Waals surface area contributed by atoms with Gasteiger partial charge in [-0.05, 0) is 35.2 Å². The third-order valence-electron chi connectivity index (χ3n) is 6.29. The summed E-state index contributed by atoms with van der Waals surface area (Å²) in [5.41, 5.74) is 3.67. The van der Waals surface area contributed by atoms with Crippen molar-refractivity contribution in [1.82, 2.24) is 19.6 Å². The molecule has 0 bridgehead atoms. The van der Waals surface area contributed by atoms with Crippen LogP contribution in [-0.4, -0.2) is 26.7 Å². The Balaban J connectivity index is 1.52. The van der Waals surface area contributed by atoms with Crippen LogP contribution in [0.1, 0.15) is 22.6 Å². The Morgan fingerprint density at radius 3 is 2.65 bits per heavy atom. The predicted molar refractivity (Wildman–Crippen MR) is 126 cm³/mol. The van der Waals surface area contributed by atoms with Crippen LogP contribution in [0.3, 0.4) is 0 Å². The molecule has 0 fully saturated rings. The van der Waals surface area contributed by atoms with Crippen LogP contribution in [0.4, 0.5) is 0 Å². The maximum absolute atomic E-state index is 6.46. The van der Waals surface area contributed by atoms with Crippen LogP contribution in [0.15, 0.2) is 89.8 Å². The Kier molecular flexibility index (Phi) is 3.99. The van der Waals surface area contributed by atoms with Crippen molar-refractivity contribution in [1.29, 1.82) is 0 Å². The van der Waals surface area contributed by atoms with Gasteiger partial charge in [0.15, 0.2) is 11.4 Å². The topological polar surface area (TPSA) is 74.7 Å². The van der Waals surface area contributed by atoms with Crippen LogP contribution in [0.25, 0.3) is 28.0 Å². The van der Waals surface area contributed by atoms with E-state index in [1.54, 1.807) is 24.2 Å². The van der Waals surface area contributed by atoms with E-state index in [1.165, 1.54) is 0 Å². The van der Waals surface area contributed by atoms with E-state index < -0.39 is 0 Å². The molecule has 7 heteroatoms. The van der Waals surface area contributed by atoms with Gasteiger partial charge in [-0.15, -0.1) is 5.10 Å². The van der Waals surface area contributed by atoms with Gasteiger partial charge in [0.1, 0.15) is 17.8 Å². The van der Waals surface area contributed by atoms with E-state index in [1.807, 2.05) is 36.4 Å². The lowest BCUT2D eigenvalue weighted by atomic mass is 9.83. The van der Waals surface area contributed by atoms with Gasteiger partial charge in [-0.2, -0.15) is 0 Å². The average molecular weight is 446 g/mol. The number of fused-ring (bicyclic) bond motifs is 6. The Labute approximate surface area is 194 Å². The zero-order valence-electron chi connectivity index (χ0n) is 18.2. The van der Waals surface area contributed by atoms with E-state index in [-0.39, 0.29) is 5.92 Å². The highest BCUT2D eigenvalue weighted by atomic mass is 16.5. The number of hydrogen-bond acceptors (Lipinski definition) is 6. The molecular formula is C27H18N4O3. The molecule has 3 aromatic heterocycles. The second kappa shape index (κ2) is 7.18. The normalized spacial score (nSPS) is 14.6. The van der Waals surface area contributed by atoms with Gasteiger partial charge >= 0.3 is 0 Å². The predicted octanol–water partition coefficient (Wildman–Crippen LogP) is 5.83. The van der Waals surface area contributed by atoms with E-state index >= 15 is 0 Å². The molecule has 34 heavy (non-hydrogen) atoms. The summed E-state index contributed by atoms with van der Waals surface area (Å²) >= 11 is 0. The summed E-state index contributed by atoms with van der Waals surface area (Å²) in [6, 6.07) is 24.2. The molecule has 0 aliphatic carbocycles. The fourth-order valence-corrected chi connectivity index (χ4v) is 4.70. The number of nitrogens with zero attached hydrogens (tertiary/aromatic N) is 4. The van der Waals surface area contributed by atoms with Crippen molar-refractivity contribution in [2.75, 3.05) is 7.11 Å². The summed E-state index contributed by atoms with van der Waals surface area (Å²) in [6.45, 7) is 0. The van der Waals surface area contributed by atoms with E-state index in [4.69, 9.17) is 18.9 Å². The molecule has 7 nitrogen and oxygen atoms in total. The minimum absolute atomic E-state index is 0.154. The van der Waals surface area contributed by atoms with Crippen LogP contribution in [0, 0.1) is 0 Å². The zero-order valence-corrected chi connectivity index (χ0v) is 18.2. The summed E-state index contributed by atoms with van der Waals surface area (Å²) in [5.74, 6) is 3.08. The number of furan rings is 1. The SMILES string of the molecule is COc1ccc([C@H]2c3ccc4ccccc4c3Oc3ncn4nc(-c5ccco5)nc4c32)cc1. The summed E-state index contributed by atoms with van der Waals surface area (Å²) < 4.78 is 19.1. The van der Waals surface area contributed by atoms with Gasteiger partial charge in [-0.1, -0.05) is 48.5 Å². The lowest BCUT2D eigenvalue weighted by molar-refractivity contribution is 0.414. The van der Waals surface area contributed by atoms with Gasteiger partial charge in [0.25, 0.3) is 0 Å². The van der Waals surface area contributed by atoms with E-state index in [9.17, 15) is 0 Å². The number of aromatic nitrogens is 4. The van der Waals surface area contributed by atoms with Crippen LogP contribution in [0.2, 0.25) is 0 Å². The molecular weight excluding hydrogens is 428 g/mol. The lowest BCUT2D eigenvalue weighted by Gasteiger charge is -2.28. The van der Waals surface area contributed by atoms with E-state index in [2.05, 4.69) is 46.5 Å². The minimum atomic E-state index is -0.154. The van der Waals surface area contributed by atoms with E-state index in [0.29, 0.717) is 23.1 Å². The highest BCUT2D eigenvalue weighted by Crippen LogP contribution is 2.50. The second-order valence-corrected chi connectivity index (χ2v) is 8.16. The molecule has 4 heterocycles. The molecule has 164 valence electrons. The van der Waals surface area contributed by atoms with Crippen LogP contribution < -0.4 is 9.47 Å². The van der Waals surface area contributed by atoms with Gasteiger partial charge in [0, 0.05) is 16.9 Å². The fraction of sp³-hybridized carbons (Fsp3) is 0.0741. The first-order valence-electron chi connectivity index (χ1n) is 10.9. The Morgan fingerprint density at radius 2 is 1.82 bits per heavy atom. The highest BCUT2D eigenvalue weighted by Gasteiger charge is 2.34. The van der Waals surface area contributed by atoms with Gasteiger partial charge in [-0.3, -0.25) is 0 Å². The maximum Gasteiger partial charge on any atom is 0.228 e. The third-order valence-corrected chi connectivity index (χ3v) is 6.29. The number of rotatable bonds is 3. The molecule has 0 unspecified atom stereocenters. The van der Waals surface area contributed by atoms with Crippen molar-refractivity contribution < 1.29 is 13.9 Å². The largest absolute Gasteiger partial charge is 0.497 e. The smallest absolute Gasteiger partial charge is 0.228 e. The quantitative estimate of drug-likeness (QED) is 0.340. The van der Waals surface area contributed by atoms with Crippen molar-refractivity contribution in [2.45, 2.75) is 5.92 Å². The summed E-state index contributed by atoms with van der Waals surface area (Å²) in [5, 5.41) is 6.76. The van der Waals surface area contributed by atoms with Crippen molar-refractivity contribution in [3.63, 3.8) is 0 Å². The number of methoxy groups -OCH3 is 1. The Morgan fingerprint density at radius 1 is 0.941 bits per heavy atom. The summed E-state index contributed by atoms with van der Waals surface area (Å²) in [6.07, 6.45) is 3.24. The standard InChI is InChI=1S/C27H18N4O3/c1-32-18-11-8-17(9-12-18)22-20-13-10-16-5-2-3-6-19(16)24(20)34-27-23(22)26-29-25(21-7-4-14-33-21)30-31(26)15-28-27/h2-15,22H,1H3/t22-/m0/s1. The molecule has 0 saturated carbocycles. The summed E-state index contributed by atoms with van der Waals surface area (Å²) in [7, 11) is 1.67. The van der Waals surface area contributed by atoms with E-state index in [0.717, 1.165) is 39.0 Å². The first kappa shape index (κ1) is 18.9. The van der Waals surface area contributed by atoms with Crippen molar-refractivity contribution in [2.24, 2.45) is 0 Å². The molecule has 0 amide bonds. The molecule has 0 N–H and O–H groups in total. The molecule has 1 aliphatic heterocycles. The fourth-order valence-electron chi connectivity index (χ4n) is 4.70. The molecule has 7 rings (SSSR count). The number of ether oxygens (including phenoxy) is 2. The van der Waals surface area contributed by atoms with Crippen molar-refractivity contribution >= 4 is 16.4 Å². The lowest BCUT2D eigenvalue weighted by Crippen LogP contribution is -2.15. The van der Waals surface area contributed by atoms with Gasteiger partial charge in [0.05, 0.1) is 18.9 Å². The third kappa shape index (κ3) is 2.73. The Hall–Kier alpha value is -4.65. The molecule has 1 atom stereocenters. The molecule has 0 radical (unpaired) electrons. The van der Waals surface area contributed by atoms with Gasteiger partial charge < -0.3 is 13.9 Å². The average Bonchev–Trinajstić information content (AvgIpc) is 3.57. The minimum Gasteiger partial charge on any atom is -0.497 e. The maximum atomic E-state index is 6.46. The highest BCUT2D eigenvalue weighted by molar-refractivity contribution is 5.91. The molecule has 6 aromatic rings. The molecule has 0 saturated heterocycles. The van der Waals surface area contributed by atoms with Gasteiger partial charge in [0.2, 0.25) is 11.7 Å². The zero-order chi connectivity index (χ0) is 22.6. The molecule has 0 spiro atoms. The molecule has 1 aliphatic rings. The Bertz CT molecular complexity index is 1670. The second-order valence-electron chi connectivity index (χ2n) is 8.16. The van der Waals surface area contributed by atoms with Crippen LogP contribution >= 0.6 is 0 Å². The van der Waals surface area contributed by atoms with Crippen LogP contribution in [-0.2, 0) is 0 Å².